The second kappa shape index (κ2) is 9.08. The Morgan fingerprint density at radius 1 is 1.15 bits per heavy atom. The number of nitro benzene ring substituents is 1. The average molecular weight is 480 g/mol. The maximum atomic E-state index is 12.9. The van der Waals surface area contributed by atoms with Crippen LogP contribution in [-0.2, 0) is 4.74 Å². The first-order chi connectivity index (χ1) is 16.5. The number of nitrogens with zero attached hydrogens (tertiary/aromatic N) is 4. The van der Waals surface area contributed by atoms with E-state index in [9.17, 15) is 14.9 Å². The van der Waals surface area contributed by atoms with Gasteiger partial charge in [0.25, 0.3) is 11.6 Å². The van der Waals surface area contributed by atoms with Gasteiger partial charge >= 0.3 is 0 Å². The lowest BCUT2D eigenvalue weighted by Crippen LogP contribution is -2.36. The molecule has 0 bridgehead atoms. The minimum absolute atomic E-state index is 0.135. The fourth-order valence-corrected chi connectivity index (χ4v) is 3.89. The highest BCUT2D eigenvalue weighted by Crippen LogP contribution is 2.32. The Morgan fingerprint density at radius 3 is 2.74 bits per heavy atom. The first-order valence-electron chi connectivity index (χ1n) is 10.4. The van der Waals surface area contributed by atoms with Crippen molar-refractivity contribution in [2.75, 3.05) is 36.5 Å². The normalized spacial score (nSPS) is 13.7. The molecule has 0 atom stereocenters. The van der Waals surface area contributed by atoms with E-state index < -0.39 is 10.8 Å². The number of hydrogen-bond acceptors (Lipinski definition) is 8. The Kier molecular flexibility index (Phi) is 5.83. The zero-order valence-corrected chi connectivity index (χ0v) is 18.5. The van der Waals surface area contributed by atoms with Crippen LogP contribution >= 0.6 is 11.6 Å². The third-order valence-corrected chi connectivity index (χ3v) is 5.74. The Hall–Kier alpha value is -4.02. The molecule has 1 amide bonds. The molecule has 10 nitrogen and oxygen atoms in total. The molecule has 34 heavy (non-hydrogen) atoms. The van der Waals surface area contributed by atoms with Crippen molar-refractivity contribution in [2.45, 2.75) is 0 Å². The van der Waals surface area contributed by atoms with Gasteiger partial charge in [-0.1, -0.05) is 11.6 Å². The Morgan fingerprint density at radius 2 is 1.97 bits per heavy atom. The number of fused-ring (bicyclic) bond motifs is 1. The van der Waals surface area contributed by atoms with Gasteiger partial charge in [-0.05, 0) is 42.5 Å². The van der Waals surface area contributed by atoms with Gasteiger partial charge in [0, 0.05) is 36.5 Å². The van der Waals surface area contributed by atoms with E-state index in [1.54, 1.807) is 48.7 Å². The molecule has 1 aliphatic heterocycles. The molecular formula is C23H18ClN5O5. The summed E-state index contributed by atoms with van der Waals surface area (Å²) in [6.07, 6.45) is 1.62. The number of morpholine rings is 1. The summed E-state index contributed by atoms with van der Waals surface area (Å²) in [7, 11) is 0. The summed E-state index contributed by atoms with van der Waals surface area (Å²) in [4.78, 5) is 34.5. The van der Waals surface area contributed by atoms with Crippen LogP contribution < -0.4 is 10.2 Å². The van der Waals surface area contributed by atoms with Crippen LogP contribution in [0.3, 0.4) is 0 Å². The number of aromatic nitrogens is 2. The van der Waals surface area contributed by atoms with E-state index in [1.165, 1.54) is 6.07 Å². The van der Waals surface area contributed by atoms with E-state index in [0.717, 1.165) is 0 Å². The van der Waals surface area contributed by atoms with Crippen LogP contribution in [0.4, 0.5) is 17.1 Å². The van der Waals surface area contributed by atoms with Crippen LogP contribution in [0.1, 0.15) is 10.4 Å². The zero-order chi connectivity index (χ0) is 23.7. The average Bonchev–Trinajstić information content (AvgIpc) is 3.30. The number of nitrogens with one attached hydrogen (secondary N) is 1. The number of halogens is 1. The molecule has 172 valence electrons. The van der Waals surface area contributed by atoms with Crippen molar-refractivity contribution in [1.82, 2.24) is 9.97 Å². The van der Waals surface area contributed by atoms with Crippen LogP contribution in [0.25, 0.3) is 22.7 Å². The molecule has 1 N–H and O–H groups in total. The van der Waals surface area contributed by atoms with Crippen molar-refractivity contribution in [3.05, 3.63) is 75.4 Å². The van der Waals surface area contributed by atoms with Gasteiger partial charge in [-0.25, -0.2) is 4.98 Å². The van der Waals surface area contributed by atoms with Gasteiger partial charge in [0.2, 0.25) is 5.89 Å². The Bertz CT molecular complexity index is 1370. The van der Waals surface area contributed by atoms with E-state index in [1.807, 2.05) is 4.90 Å². The fraction of sp³-hybridized carbons (Fsp3) is 0.174. The SMILES string of the molecule is O=C(Nc1cc(-c2nc3ncccc3o2)ccc1Cl)c1ccc(N2CCOCC2)c([N+](=O)[O-])c1. The largest absolute Gasteiger partial charge is 0.434 e. The molecule has 0 saturated carbocycles. The van der Waals surface area contributed by atoms with Gasteiger partial charge in [-0.15, -0.1) is 0 Å². The summed E-state index contributed by atoms with van der Waals surface area (Å²) in [6, 6.07) is 12.9. The quantitative estimate of drug-likeness (QED) is 0.327. The summed E-state index contributed by atoms with van der Waals surface area (Å²) in [5.74, 6) is -0.207. The molecule has 0 unspecified atom stereocenters. The lowest BCUT2D eigenvalue weighted by Gasteiger charge is -2.28. The highest BCUT2D eigenvalue weighted by molar-refractivity contribution is 6.34. The minimum atomic E-state index is -0.532. The molecule has 3 heterocycles. The monoisotopic (exact) mass is 479 g/mol. The topological polar surface area (TPSA) is 124 Å². The van der Waals surface area contributed by atoms with E-state index in [0.29, 0.717) is 65.4 Å². The predicted molar refractivity (Wildman–Crippen MR) is 126 cm³/mol. The van der Waals surface area contributed by atoms with Gasteiger partial charge in [-0.3, -0.25) is 14.9 Å². The van der Waals surface area contributed by atoms with Gasteiger partial charge in [0.1, 0.15) is 5.69 Å². The van der Waals surface area contributed by atoms with Crippen molar-refractivity contribution in [3.8, 4) is 11.5 Å². The van der Waals surface area contributed by atoms with E-state index in [2.05, 4.69) is 15.3 Å². The minimum Gasteiger partial charge on any atom is -0.434 e. The van der Waals surface area contributed by atoms with E-state index in [-0.39, 0.29) is 11.3 Å². The standard InChI is InChI=1S/C23H18ClN5O5/c24-16-5-3-15(23-27-21-20(34-23)2-1-7-25-21)12-17(16)26-22(30)14-4-6-18(19(13-14)29(31)32)28-8-10-33-11-9-28/h1-7,12-13H,8-11H2,(H,26,30). The van der Waals surface area contributed by atoms with Crippen LogP contribution in [0, 0.1) is 10.1 Å². The molecule has 11 heteroatoms. The first-order valence-corrected chi connectivity index (χ1v) is 10.8. The third kappa shape index (κ3) is 4.28. The lowest BCUT2D eigenvalue weighted by atomic mass is 10.1. The summed E-state index contributed by atoms with van der Waals surface area (Å²) in [6.45, 7) is 2.06. The third-order valence-electron chi connectivity index (χ3n) is 5.41. The number of anilines is 2. The number of carbonyl (C=O) groups excluding carboxylic acids is 1. The van der Waals surface area contributed by atoms with Gasteiger partial charge in [0.05, 0.1) is 28.8 Å². The zero-order valence-electron chi connectivity index (χ0n) is 17.7. The van der Waals surface area contributed by atoms with Gasteiger partial charge < -0.3 is 19.4 Å². The molecule has 1 fully saturated rings. The smallest absolute Gasteiger partial charge is 0.293 e. The van der Waals surface area contributed by atoms with Crippen molar-refractivity contribution in [2.24, 2.45) is 0 Å². The molecule has 4 aromatic rings. The summed E-state index contributed by atoms with van der Waals surface area (Å²) < 4.78 is 11.1. The van der Waals surface area contributed by atoms with Crippen molar-refractivity contribution < 1.29 is 18.9 Å². The first kappa shape index (κ1) is 21.8. The Labute approximate surface area is 198 Å². The number of benzene rings is 2. The van der Waals surface area contributed by atoms with Crippen molar-refractivity contribution in [3.63, 3.8) is 0 Å². The van der Waals surface area contributed by atoms with E-state index >= 15 is 0 Å². The molecule has 1 saturated heterocycles. The molecule has 2 aromatic carbocycles. The predicted octanol–water partition coefficient (Wildman–Crippen LogP) is 4.54. The molecule has 2 aromatic heterocycles. The number of rotatable bonds is 5. The number of ether oxygens (including phenoxy) is 1. The highest BCUT2D eigenvalue weighted by atomic mass is 35.5. The van der Waals surface area contributed by atoms with Crippen LogP contribution in [0.5, 0.6) is 0 Å². The molecule has 1 aliphatic rings. The maximum absolute atomic E-state index is 12.9. The molecule has 5 rings (SSSR count). The Balaban J connectivity index is 1.42. The highest BCUT2D eigenvalue weighted by Gasteiger charge is 2.24. The summed E-state index contributed by atoms with van der Waals surface area (Å²) >= 11 is 6.30. The molecule has 0 spiro atoms. The molecular weight excluding hydrogens is 462 g/mol. The number of oxazole rings is 1. The van der Waals surface area contributed by atoms with Crippen LogP contribution in [0.15, 0.2) is 59.1 Å². The summed E-state index contributed by atoms with van der Waals surface area (Å²) in [5, 5.41) is 14.7. The van der Waals surface area contributed by atoms with Gasteiger partial charge in [0.15, 0.2) is 11.2 Å². The van der Waals surface area contributed by atoms with E-state index in [4.69, 9.17) is 20.8 Å². The number of amides is 1. The maximum Gasteiger partial charge on any atom is 0.293 e. The fourth-order valence-electron chi connectivity index (χ4n) is 3.72. The number of pyridine rings is 1. The second-order valence-corrected chi connectivity index (χ2v) is 7.96. The summed E-state index contributed by atoms with van der Waals surface area (Å²) in [5.41, 5.74) is 2.35. The van der Waals surface area contributed by atoms with Crippen molar-refractivity contribution in [1.29, 1.82) is 0 Å². The van der Waals surface area contributed by atoms with Crippen molar-refractivity contribution >= 4 is 45.8 Å². The van der Waals surface area contributed by atoms with Crippen LogP contribution in [0.2, 0.25) is 5.02 Å². The van der Waals surface area contributed by atoms with Crippen LogP contribution in [-0.4, -0.2) is 47.1 Å². The number of carbonyl (C=O) groups is 1. The van der Waals surface area contributed by atoms with Gasteiger partial charge in [-0.2, -0.15) is 4.98 Å². The molecule has 0 aliphatic carbocycles. The number of hydrogen-bond donors (Lipinski definition) is 1. The number of nitro groups is 1. The molecule has 0 radical (unpaired) electrons. The second-order valence-electron chi connectivity index (χ2n) is 7.55. The lowest BCUT2D eigenvalue weighted by molar-refractivity contribution is -0.384.